The lowest BCUT2D eigenvalue weighted by Crippen LogP contribution is -2.04. The van der Waals surface area contributed by atoms with E-state index in [4.69, 9.17) is 23.2 Å². The highest BCUT2D eigenvalue weighted by molar-refractivity contribution is 6.35. The van der Waals surface area contributed by atoms with Crippen molar-refractivity contribution in [2.75, 3.05) is 0 Å². The molecule has 0 aliphatic heterocycles. The standard InChI is InChI=1S/C15H11Cl2FN2/c1-9-4-2-6-11(18)15(9)20-12-7-3-5-10(17)14(12)19-13(20)8-16/h2-7H,8H2,1H3. The third-order valence-corrected chi connectivity index (χ3v) is 3.78. The van der Waals surface area contributed by atoms with E-state index >= 15 is 0 Å². The van der Waals surface area contributed by atoms with Crippen molar-refractivity contribution >= 4 is 34.2 Å². The summed E-state index contributed by atoms with van der Waals surface area (Å²) in [4.78, 5) is 4.42. The maximum Gasteiger partial charge on any atom is 0.147 e. The quantitative estimate of drug-likeness (QED) is 0.618. The van der Waals surface area contributed by atoms with Crippen LogP contribution in [0.15, 0.2) is 36.4 Å². The largest absolute Gasteiger partial charge is 0.292 e. The molecule has 1 aromatic heterocycles. The number of rotatable bonds is 2. The van der Waals surface area contributed by atoms with Crippen LogP contribution in [0.4, 0.5) is 4.39 Å². The molecule has 20 heavy (non-hydrogen) atoms. The molecule has 0 radical (unpaired) electrons. The molecular formula is C15H11Cl2FN2. The topological polar surface area (TPSA) is 17.8 Å². The van der Waals surface area contributed by atoms with Crippen LogP contribution >= 0.6 is 23.2 Å². The van der Waals surface area contributed by atoms with Gasteiger partial charge in [-0.2, -0.15) is 0 Å². The third-order valence-electron chi connectivity index (χ3n) is 3.24. The summed E-state index contributed by atoms with van der Waals surface area (Å²) in [6.45, 7) is 1.85. The molecule has 0 N–H and O–H groups in total. The Balaban J connectivity index is 2.44. The molecule has 0 saturated carbocycles. The van der Waals surface area contributed by atoms with Crippen molar-refractivity contribution in [2.45, 2.75) is 12.8 Å². The second-order valence-electron chi connectivity index (χ2n) is 4.51. The average Bonchev–Trinajstić information content (AvgIpc) is 2.79. The molecule has 0 saturated heterocycles. The van der Waals surface area contributed by atoms with Gasteiger partial charge in [0.25, 0.3) is 0 Å². The smallest absolute Gasteiger partial charge is 0.147 e. The molecule has 2 nitrogen and oxygen atoms in total. The van der Waals surface area contributed by atoms with Crippen molar-refractivity contribution in [2.24, 2.45) is 0 Å². The Kier molecular flexibility index (Phi) is 3.40. The van der Waals surface area contributed by atoms with Gasteiger partial charge in [0.2, 0.25) is 0 Å². The first-order valence-corrected chi connectivity index (χ1v) is 7.02. The summed E-state index contributed by atoms with van der Waals surface area (Å²) in [5.74, 6) is 0.442. The van der Waals surface area contributed by atoms with Crippen LogP contribution < -0.4 is 0 Å². The molecule has 0 spiro atoms. The Morgan fingerprint density at radius 3 is 2.65 bits per heavy atom. The van der Waals surface area contributed by atoms with Crippen molar-refractivity contribution in [1.29, 1.82) is 0 Å². The van der Waals surface area contributed by atoms with E-state index in [2.05, 4.69) is 4.98 Å². The second-order valence-corrected chi connectivity index (χ2v) is 5.18. The number of aromatic nitrogens is 2. The summed E-state index contributed by atoms with van der Waals surface area (Å²) >= 11 is 12.1. The summed E-state index contributed by atoms with van der Waals surface area (Å²) in [5, 5.41) is 0.529. The first-order valence-electron chi connectivity index (χ1n) is 6.10. The molecule has 3 rings (SSSR count). The molecule has 0 atom stereocenters. The molecule has 5 heteroatoms. The van der Waals surface area contributed by atoms with Gasteiger partial charge in [0.05, 0.1) is 22.1 Å². The van der Waals surface area contributed by atoms with Crippen LogP contribution in [0.5, 0.6) is 0 Å². The molecule has 3 aromatic rings. The highest BCUT2D eigenvalue weighted by Gasteiger charge is 2.17. The molecule has 0 aliphatic rings. The summed E-state index contributed by atoms with van der Waals surface area (Å²) in [7, 11) is 0. The Bertz CT molecular complexity index is 776. The number of aryl methyl sites for hydroxylation is 1. The zero-order chi connectivity index (χ0) is 14.3. The monoisotopic (exact) mass is 308 g/mol. The molecule has 102 valence electrons. The highest BCUT2D eigenvalue weighted by atomic mass is 35.5. The molecule has 0 unspecified atom stereocenters. The van der Waals surface area contributed by atoms with Crippen molar-refractivity contribution in [3.8, 4) is 5.69 Å². The average molecular weight is 309 g/mol. The van der Waals surface area contributed by atoms with Crippen molar-refractivity contribution in [3.05, 3.63) is 58.6 Å². The Labute approximate surface area is 125 Å². The van der Waals surface area contributed by atoms with Gasteiger partial charge in [0, 0.05) is 0 Å². The summed E-state index contributed by atoms with van der Waals surface area (Å²) < 4.78 is 16.0. The van der Waals surface area contributed by atoms with Crippen molar-refractivity contribution < 1.29 is 4.39 Å². The lowest BCUT2D eigenvalue weighted by molar-refractivity contribution is 0.616. The van der Waals surface area contributed by atoms with Gasteiger partial charge in [-0.1, -0.05) is 29.8 Å². The maximum absolute atomic E-state index is 14.2. The number of imidazole rings is 1. The normalized spacial score (nSPS) is 11.2. The summed E-state index contributed by atoms with van der Waals surface area (Å²) in [6, 6.07) is 10.4. The number of fused-ring (bicyclic) bond motifs is 1. The van der Waals surface area contributed by atoms with Crippen LogP contribution in [0.3, 0.4) is 0 Å². The molecule has 0 amide bonds. The van der Waals surface area contributed by atoms with E-state index in [1.807, 2.05) is 25.1 Å². The Hall–Kier alpha value is -1.58. The SMILES string of the molecule is Cc1cccc(F)c1-n1c(CCl)nc2c(Cl)cccc21. The summed E-state index contributed by atoms with van der Waals surface area (Å²) in [5.41, 5.74) is 2.66. The van der Waals surface area contributed by atoms with E-state index in [0.717, 1.165) is 11.1 Å². The predicted molar refractivity (Wildman–Crippen MR) is 80.3 cm³/mol. The van der Waals surface area contributed by atoms with Gasteiger partial charge in [-0.3, -0.25) is 4.57 Å². The highest BCUT2D eigenvalue weighted by Crippen LogP contribution is 2.30. The fourth-order valence-electron chi connectivity index (χ4n) is 2.36. The number of hydrogen-bond acceptors (Lipinski definition) is 1. The Morgan fingerprint density at radius 2 is 1.95 bits per heavy atom. The van der Waals surface area contributed by atoms with Crippen molar-refractivity contribution in [1.82, 2.24) is 9.55 Å². The van der Waals surface area contributed by atoms with Crippen LogP contribution in [0.2, 0.25) is 5.02 Å². The van der Waals surface area contributed by atoms with Crippen LogP contribution in [0.1, 0.15) is 11.4 Å². The van der Waals surface area contributed by atoms with Gasteiger partial charge in [-0.15, -0.1) is 11.6 Å². The molecular weight excluding hydrogens is 298 g/mol. The zero-order valence-electron chi connectivity index (χ0n) is 10.7. The van der Waals surface area contributed by atoms with Crippen LogP contribution in [-0.4, -0.2) is 9.55 Å². The van der Waals surface area contributed by atoms with E-state index < -0.39 is 0 Å². The minimum atomic E-state index is -0.310. The lowest BCUT2D eigenvalue weighted by Gasteiger charge is -2.12. The minimum absolute atomic E-state index is 0.179. The molecule has 0 aliphatic carbocycles. The maximum atomic E-state index is 14.2. The van der Waals surface area contributed by atoms with Gasteiger partial charge in [0.15, 0.2) is 0 Å². The fourth-order valence-corrected chi connectivity index (χ4v) is 2.75. The third kappa shape index (κ3) is 1.98. The number of hydrogen-bond donors (Lipinski definition) is 0. The fraction of sp³-hybridized carbons (Fsp3) is 0.133. The second kappa shape index (κ2) is 5.08. The number of alkyl halides is 1. The molecule has 0 bridgehead atoms. The van der Waals surface area contributed by atoms with E-state index in [-0.39, 0.29) is 11.7 Å². The van der Waals surface area contributed by atoms with Gasteiger partial charge in [0.1, 0.15) is 17.2 Å². The van der Waals surface area contributed by atoms with Crippen molar-refractivity contribution in [3.63, 3.8) is 0 Å². The number of para-hydroxylation sites is 2. The van der Waals surface area contributed by atoms with Gasteiger partial charge in [-0.25, -0.2) is 9.37 Å². The predicted octanol–water partition coefficient (Wildman–Crippen LogP) is 4.87. The van der Waals surface area contributed by atoms with Gasteiger partial charge in [-0.05, 0) is 30.7 Å². The van der Waals surface area contributed by atoms with Crippen LogP contribution in [0.25, 0.3) is 16.7 Å². The van der Waals surface area contributed by atoms with Crippen LogP contribution in [-0.2, 0) is 5.88 Å². The first kappa shape index (κ1) is 13.4. The number of benzene rings is 2. The van der Waals surface area contributed by atoms with Crippen LogP contribution in [0, 0.1) is 12.7 Å². The van der Waals surface area contributed by atoms with E-state index in [9.17, 15) is 4.39 Å². The van der Waals surface area contributed by atoms with E-state index in [1.165, 1.54) is 6.07 Å². The first-order chi connectivity index (χ1) is 9.63. The molecule has 1 heterocycles. The number of nitrogens with zero attached hydrogens (tertiary/aromatic N) is 2. The molecule has 0 fully saturated rings. The Morgan fingerprint density at radius 1 is 1.20 bits per heavy atom. The van der Waals surface area contributed by atoms with Gasteiger partial charge < -0.3 is 0 Å². The lowest BCUT2D eigenvalue weighted by atomic mass is 10.2. The minimum Gasteiger partial charge on any atom is -0.292 e. The summed E-state index contributed by atoms with van der Waals surface area (Å²) in [6.07, 6.45) is 0. The zero-order valence-corrected chi connectivity index (χ0v) is 12.2. The molecule has 2 aromatic carbocycles. The van der Waals surface area contributed by atoms with Gasteiger partial charge >= 0.3 is 0 Å². The number of halogens is 3. The van der Waals surface area contributed by atoms with E-state index in [1.54, 1.807) is 16.7 Å². The van der Waals surface area contributed by atoms with E-state index in [0.29, 0.717) is 22.1 Å².